The van der Waals surface area contributed by atoms with Crippen LogP contribution in [0.15, 0.2) is 57.7 Å². The van der Waals surface area contributed by atoms with Gasteiger partial charge in [0.1, 0.15) is 5.58 Å². The molecule has 0 radical (unpaired) electrons. The van der Waals surface area contributed by atoms with E-state index in [9.17, 15) is 4.79 Å². The van der Waals surface area contributed by atoms with E-state index in [2.05, 4.69) is 0 Å². The van der Waals surface area contributed by atoms with Gasteiger partial charge < -0.3 is 9.15 Å². The Morgan fingerprint density at radius 2 is 1.78 bits per heavy atom. The van der Waals surface area contributed by atoms with Gasteiger partial charge in [0.05, 0.1) is 12.0 Å². The van der Waals surface area contributed by atoms with Crippen molar-refractivity contribution in [2.24, 2.45) is 0 Å². The van der Waals surface area contributed by atoms with Crippen LogP contribution in [0.5, 0.6) is 5.75 Å². The summed E-state index contributed by atoms with van der Waals surface area (Å²) in [6.07, 6.45) is 0.647. The predicted octanol–water partition coefficient (Wildman–Crippen LogP) is 5.12. The van der Waals surface area contributed by atoms with E-state index < -0.39 is 0 Å². The van der Waals surface area contributed by atoms with Gasteiger partial charge in [0.15, 0.2) is 5.76 Å². The fourth-order valence-corrected chi connectivity index (χ4v) is 2.51. The molecule has 0 N–H and O–H groups in total. The molecule has 0 fully saturated rings. The molecular weight excluding hydrogens is 335 g/mol. The highest BCUT2D eigenvalue weighted by Crippen LogP contribution is 2.31. The van der Waals surface area contributed by atoms with Crippen LogP contribution in [-0.2, 0) is 0 Å². The number of rotatable bonds is 5. The number of benzene rings is 2. The molecule has 23 heavy (non-hydrogen) atoms. The molecule has 0 aliphatic carbocycles. The quantitative estimate of drug-likeness (QED) is 0.474. The molecule has 0 saturated carbocycles. The molecular formula is C18H14Cl2O3. The molecule has 0 amide bonds. The topological polar surface area (TPSA) is 39.4 Å². The molecule has 3 nitrogen and oxygen atoms in total. The summed E-state index contributed by atoms with van der Waals surface area (Å²) in [7, 11) is 0. The van der Waals surface area contributed by atoms with Gasteiger partial charge >= 0.3 is 0 Å². The lowest BCUT2D eigenvalue weighted by Crippen LogP contribution is -2.11. The van der Waals surface area contributed by atoms with Gasteiger partial charge in [-0.1, -0.05) is 23.7 Å². The summed E-state index contributed by atoms with van der Waals surface area (Å²) in [5.41, 5.74) is 1.07. The van der Waals surface area contributed by atoms with E-state index in [0.717, 1.165) is 5.56 Å². The first kappa shape index (κ1) is 15.9. The summed E-state index contributed by atoms with van der Waals surface area (Å²) < 4.78 is 11.6. The smallest absolute Gasteiger partial charge is 0.235 e. The molecule has 1 heterocycles. The minimum Gasteiger partial charge on any atom is -0.486 e. The van der Waals surface area contributed by atoms with Gasteiger partial charge in [-0.15, -0.1) is 11.6 Å². The van der Waals surface area contributed by atoms with Crippen molar-refractivity contribution >= 4 is 34.2 Å². The van der Waals surface area contributed by atoms with Crippen molar-refractivity contribution in [1.29, 1.82) is 0 Å². The highest BCUT2D eigenvalue weighted by atomic mass is 35.5. The van der Waals surface area contributed by atoms with Gasteiger partial charge in [-0.2, -0.15) is 0 Å². The second-order valence-electron chi connectivity index (χ2n) is 4.98. The summed E-state index contributed by atoms with van der Waals surface area (Å²) in [5, 5.41) is 1.10. The van der Waals surface area contributed by atoms with Crippen molar-refractivity contribution in [3.63, 3.8) is 0 Å². The minimum absolute atomic E-state index is 0.189. The third-order valence-corrected chi connectivity index (χ3v) is 3.91. The third-order valence-electron chi connectivity index (χ3n) is 3.39. The maximum atomic E-state index is 12.7. The second-order valence-corrected chi connectivity index (χ2v) is 5.80. The first-order valence-electron chi connectivity index (χ1n) is 7.21. The Morgan fingerprint density at radius 1 is 1.04 bits per heavy atom. The number of para-hydroxylation sites is 1. The van der Waals surface area contributed by atoms with E-state index in [1.54, 1.807) is 42.5 Å². The number of halogens is 2. The van der Waals surface area contributed by atoms with Gasteiger partial charge in [-0.05, 0) is 42.8 Å². The van der Waals surface area contributed by atoms with Crippen LogP contribution in [0.4, 0.5) is 0 Å². The second kappa shape index (κ2) is 7.07. The van der Waals surface area contributed by atoms with Crippen LogP contribution in [0.2, 0.25) is 5.02 Å². The summed E-state index contributed by atoms with van der Waals surface area (Å²) >= 11 is 11.6. The average Bonchev–Trinajstić information content (AvgIpc) is 2.58. The van der Waals surface area contributed by atoms with Crippen molar-refractivity contribution in [3.8, 4) is 17.1 Å². The Labute approximate surface area is 143 Å². The maximum Gasteiger partial charge on any atom is 0.235 e. The normalized spacial score (nSPS) is 10.9. The molecule has 0 aliphatic rings. The van der Waals surface area contributed by atoms with Crippen LogP contribution in [0.25, 0.3) is 22.3 Å². The Hall–Kier alpha value is -1.97. The van der Waals surface area contributed by atoms with E-state index in [-0.39, 0.29) is 11.2 Å². The Kier molecular flexibility index (Phi) is 4.89. The van der Waals surface area contributed by atoms with E-state index >= 15 is 0 Å². The van der Waals surface area contributed by atoms with Crippen LogP contribution >= 0.6 is 23.2 Å². The summed E-state index contributed by atoms with van der Waals surface area (Å²) in [6, 6.07) is 14.2. The van der Waals surface area contributed by atoms with Gasteiger partial charge in [0.2, 0.25) is 11.2 Å². The van der Waals surface area contributed by atoms with Crippen LogP contribution < -0.4 is 10.2 Å². The van der Waals surface area contributed by atoms with Gasteiger partial charge in [-0.25, -0.2) is 0 Å². The van der Waals surface area contributed by atoms with Crippen LogP contribution in [0.3, 0.4) is 0 Å². The standard InChI is InChI=1S/C18H14Cl2O3/c19-10-3-11-22-18-16(21)14-4-1-2-5-15(14)23-17(18)12-6-8-13(20)9-7-12/h1-2,4-9H,3,10-11H2. The molecule has 0 unspecified atom stereocenters. The largest absolute Gasteiger partial charge is 0.486 e. The van der Waals surface area contributed by atoms with E-state index in [4.69, 9.17) is 32.4 Å². The first-order valence-corrected chi connectivity index (χ1v) is 8.12. The van der Waals surface area contributed by atoms with Crippen molar-refractivity contribution in [3.05, 3.63) is 63.8 Å². The summed E-state index contributed by atoms with van der Waals surface area (Å²) in [6.45, 7) is 0.354. The zero-order valence-electron chi connectivity index (χ0n) is 12.2. The number of alkyl halides is 1. The van der Waals surface area contributed by atoms with Crippen molar-refractivity contribution in [2.75, 3.05) is 12.5 Å². The monoisotopic (exact) mass is 348 g/mol. The van der Waals surface area contributed by atoms with Crippen molar-refractivity contribution in [1.82, 2.24) is 0 Å². The minimum atomic E-state index is -0.189. The van der Waals surface area contributed by atoms with Gasteiger partial charge in [0.25, 0.3) is 0 Å². The highest BCUT2D eigenvalue weighted by molar-refractivity contribution is 6.30. The molecule has 0 atom stereocenters. The van der Waals surface area contributed by atoms with E-state index in [0.29, 0.717) is 40.7 Å². The number of hydrogen-bond donors (Lipinski definition) is 0. The van der Waals surface area contributed by atoms with Gasteiger partial charge in [0, 0.05) is 16.5 Å². The van der Waals surface area contributed by atoms with Crippen LogP contribution in [0, 0.1) is 0 Å². The molecule has 2 aromatic carbocycles. The highest BCUT2D eigenvalue weighted by Gasteiger charge is 2.17. The van der Waals surface area contributed by atoms with Crippen molar-refractivity contribution < 1.29 is 9.15 Å². The Balaban J connectivity index is 2.18. The molecule has 0 saturated heterocycles. The lowest BCUT2D eigenvalue weighted by Gasteiger charge is -2.11. The summed E-state index contributed by atoms with van der Waals surface area (Å²) in [5.74, 6) is 1.07. The SMILES string of the molecule is O=c1c(OCCCCl)c(-c2ccc(Cl)cc2)oc2ccccc12. The molecule has 118 valence electrons. The number of hydrogen-bond acceptors (Lipinski definition) is 3. The van der Waals surface area contributed by atoms with Crippen molar-refractivity contribution in [2.45, 2.75) is 6.42 Å². The number of ether oxygens (including phenoxy) is 1. The zero-order chi connectivity index (χ0) is 16.2. The molecule has 3 aromatic rings. The molecule has 5 heteroatoms. The van der Waals surface area contributed by atoms with Gasteiger partial charge in [-0.3, -0.25) is 4.79 Å². The Morgan fingerprint density at radius 3 is 2.52 bits per heavy atom. The lowest BCUT2D eigenvalue weighted by atomic mass is 10.1. The maximum absolute atomic E-state index is 12.7. The van der Waals surface area contributed by atoms with E-state index in [1.807, 2.05) is 6.07 Å². The molecule has 0 bridgehead atoms. The number of fused-ring (bicyclic) bond motifs is 1. The molecule has 1 aromatic heterocycles. The molecule has 3 rings (SSSR count). The van der Waals surface area contributed by atoms with E-state index in [1.165, 1.54) is 0 Å². The fraction of sp³-hybridized carbons (Fsp3) is 0.167. The molecule has 0 spiro atoms. The molecule has 0 aliphatic heterocycles. The summed E-state index contributed by atoms with van der Waals surface area (Å²) in [4.78, 5) is 12.7. The zero-order valence-corrected chi connectivity index (χ0v) is 13.7. The third kappa shape index (κ3) is 3.36. The Bertz CT molecular complexity index is 870. The predicted molar refractivity (Wildman–Crippen MR) is 93.8 cm³/mol. The van der Waals surface area contributed by atoms with Crippen LogP contribution in [-0.4, -0.2) is 12.5 Å². The van der Waals surface area contributed by atoms with Crippen LogP contribution in [0.1, 0.15) is 6.42 Å². The first-order chi connectivity index (χ1) is 11.2. The lowest BCUT2D eigenvalue weighted by molar-refractivity contribution is 0.310. The average molecular weight is 349 g/mol. The fourth-order valence-electron chi connectivity index (χ4n) is 2.28.